The molecule has 0 spiro atoms. The predicted octanol–water partition coefficient (Wildman–Crippen LogP) is 3.51. The molecule has 29 heavy (non-hydrogen) atoms. The Bertz CT molecular complexity index is 786. The van der Waals surface area contributed by atoms with Crippen LogP contribution in [0.15, 0.2) is 65.8 Å². The molecule has 0 bridgehead atoms. The zero-order chi connectivity index (χ0) is 20.5. The second kappa shape index (κ2) is 10.5. The van der Waals surface area contributed by atoms with Gasteiger partial charge in [-0.15, -0.1) is 6.58 Å². The Balaban J connectivity index is 1.66. The summed E-state index contributed by atoms with van der Waals surface area (Å²) in [6, 6.07) is 12.4. The average molecular weight is 397 g/mol. The van der Waals surface area contributed by atoms with Crippen LogP contribution in [-0.2, 0) is 16.1 Å². The number of anilines is 1. The van der Waals surface area contributed by atoms with Gasteiger partial charge in [0.2, 0.25) is 5.91 Å². The third kappa shape index (κ3) is 6.22. The highest BCUT2D eigenvalue weighted by molar-refractivity contribution is 5.92. The van der Waals surface area contributed by atoms with Crippen molar-refractivity contribution < 1.29 is 18.7 Å². The van der Waals surface area contributed by atoms with Gasteiger partial charge in [-0.05, 0) is 37.1 Å². The van der Waals surface area contributed by atoms with Gasteiger partial charge in [0.1, 0.15) is 12.3 Å². The highest BCUT2D eigenvalue weighted by Crippen LogP contribution is 2.16. The Morgan fingerprint density at radius 3 is 2.66 bits per heavy atom. The van der Waals surface area contributed by atoms with Crippen LogP contribution in [0.4, 0.5) is 10.5 Å². The molecule has 1 aromatic heterocycles. The van der Waals surface area contributed by atoms with Gasteiger partial charge in [-0.2, -0.15) is 0 Å². The number of urea groups is 1. The fraction of sp³-hybridized carbons (Fsp3) is 0.364. The number of ether oxygens (including phenoxy) is 1. The van der Waals surface area contributed by atoms with Crippen LogP contribution in [-0.4, -0.2) is 54.1 Å². The van der Waals surface area contributed by atoms with Crippen molar-refractivity contribution >= 4 is 17.6 Å². The molecule has 154 valence electrons. The van der Waals surface area contributed by atoms with Gasteiger partial charge in [0.05, 0.1) is 18.9 Å². The summed E-state index contributed by atoms with van der Waals surface area (Å²) in [5.74, 6) is 0.530. The maximum atomic E-state index is 13.1. The summed E-state index contributed by atoms with van der Waals surface area (Å²) in [6.07, 6.45) is 5.12. The largest absolute Gasteiger partial charge is 0.467 e. The van der Waals surface area contributed by atoms with E-state index in [4.69, 9.17) is 9.15 Å². The van der Waals surface area contributed by atoms with Crippen LogP contribution in [0.1, 0.15) is 18.6 Å². The van der Waals surface area contributed by atoms with E-state index < -0.39 is 0 Å². The van der Waals surface area contributed by atoms with Gasteiger partial charge in [-0.25, -0.2) is 4.79 Å². The van der Waals surface area contributed by atoms with Crippen molar-refractivity contribution in [3.05, 3.63) is 67.1 Å². The van der Waals surface area contributed by atoms with E-state index in [2.05, 4.69) is 11.9 Å². The second-order valence-corrected chi connectivity index (χ2v) is 6.95. The fourth-order valence-corrected chi connectivity index (χ4v) is 3.24. The lowest BCUT2D eigenvalue weighted by molar-refractivity contribution is -0.134. The first-order valence-corrected chi connectivity index (χ1v) is 9.79. The molecule has 1 aromatic carbocycles. The fourth-order valence-electron chi connectivity index (χ4n) is 3.24. The Kier molecular flexibility index (Phi) is 7.47. The van der Waals surface area contributed by atoms with E-state index in [0.717, 1.165) is 19.4 Å². The highest BCUT2D eigenvalue weighted by Gasteiger charge is 2.26. The van der Waals surface area contributed by atoms with Gasteiger partial charge < -0.3 is 24.3 Å². The maximum Gasteiger partial charge on any atom is 0.322 e. The summed E-state index contributed by atoms with van der Waals surface area (Å²) in [5, 5.41) is 2.82. The second-order valence-electron chi connectivity index (χ2n) is 6.95. The lowest BCUT2D eigenvalue weighted by Gasteiger charge is -2.28. The molecule has 0 aliphatic carbocycles. The average Bonchev–Trinajstić information content (AvgIpc) is 3.42. The minimum Gasteiger partial charge on any atom is -0.467 e. The van der Waals surface area contributed by atoms with Crippen molar-refractivity contribution in [1.82, 2.24) is 9.80 Å². The maximum absolute atomic E-state index is 13.1. The molecular weight excluding hydrogens is 370 g/mol. The van der Waals surface area contributed by atoms with E-state index in [9.17, 15) is 9.59 Å². The molecule has 1 saturated heterocycles. The van der Waals surface area contributed by atoms with Crippen LogP contribution in [0.3, 0.4) is 0 Å². The number of carbonyl (C=O) groups excluding carboxylic acids is 2. The van der Waals surface area contributed by atoms with Crippen molar-refractivity contribution in [2.45, 2.75) is 25.5 Å². The van der Waals surface area contributed by atoms with Gasteiger partial charge in [0.25, 0.3) is 0 Å². The molecular formula is C22H27N3O4. The molecule has 1 fully saturated rings. The Morgan fingerprint density at radius 1 is 1.17 bits per heavy atom. The first-order chi connectivity index (χ1) is 14.2. The summed E-state index contributed by atoms with van der Waals surface area (Å²) in [7, 11) is 0. The third-order valence-corrected chi connectivity index (χ3v) is 4.72. The van der Waals surface area contributed by atoms with E-state index in [1.807, 2.05) is 24.3 Å². The van der Waals surface area contributed by atoms with Gasteiger partial charge in [0, 0.05) is 25.4 Å². The molecule has 3 rings (SSSR count). The number of amides is 3. The summed E-state index contributed by atoms with van der Waals surface area (Å²) >= 11 is 0. The van der Waals surface area contributed by atoms with E-state index >= 15 is 0 Å². The van der Waals surface area contributed by atoms with Crippen molar-refractivity contribution in [3.63, 3.8) is 0 Å². The third-order valence-electron chi connectivity index (χ3n) is 4.72. The van der Waals surface area contributed by atoms with E-state index in [1.165, 1.54) is 4.90 Å². The molecule has 1 unspecified atom stereocenters. The summed E-state index contributed by atoms with van der Waals surface area (Å²) in [4.78, 5) is 28.9. The van der Waals surface area contributed by atoms with Crippen molar-refractivity contribution in [2.24, 2.45) is 0 Å². The monoisotopic (exact) mass is 397 g/mol. The minimum atomic E-state index is -0.348. The van der Waals surface area contributed by atoms with Gasteiger partial charge in [-0.3, -0.25) is 4.79 Å². The number of hydrogen-bond acceptors (Lipinski definition) is 4. The number of rotatable bonds is 9. The van der Waals surface area contributed by atoms with Crippen LogP contribution >= 0.6 is 0 Å². The van der Waals surface area contributed by atoms with Crippen LogP contribution in [0.5, 0.6) is 0 Å². The Labute approximate surface area is 170 Å². The number of nitrogens with zero attached hydrogens (tertiary/aromatic N) is 2. The quantitative estimate of drug-likeness (QED) is 0.657. The molecule has 2 aromatic rings. The summed E-state index contributed by atoms with van der Waals surface area (Å²) in [5.41, 5.74) is 0.672. The van der Waals surface area contributed by atoms with Crippen LogP contribution in [0.25, 0.3) is 0 Å². The zero-order valence-electron chi connectivity index (χ0n) is 16.5. The molecule has 7 heteroatoms. The highest BCUT2D eigenvalue weighted by atomic mass is 16.5. The molecule has 1 N–H and O–H groups in total. The number of carbonyl (C=O) groups is 2. The SMILES string of the molecule is C=CCN(CC(=O)N(Cc1ccco1)CC1CCCO1)C(=O)Nc1ccccc1. The van der Waals surface area contributed by atoms with E-state index in [0.29, 0.717) is 24.5 Å². The standard InChI is InChI=1S/C22H27N3O4/c1-2-12-24(22(27)23-18-8-4-3-5-9-18)17-21(26)25(15-19-10-6-13-28-19)16-20-11-7-14-29-20/h2-6,8-10,13,20H,1,7,11-12,14-17H2,(H,23,27). The lowest BCUT2D eigenvalue weighted by Crippen LogP contribution is -2.46. The Morgan fingerprint density at radius 2 is 2.00 bits per heavy atom. The Hall–Kier alpha value is -3.06. The molecule has 0 radical (unpaired) electrons. The van der Waals surface area contributed by atoms with Gasteiger partial charge in [0.15, 0.2) is 0 Å². The van der Waals surface area contributed by atoms with E-state index in [-0.39, 0.29) is 31.1 Å². The molecule has 2 heterocycles. The number of nitrogens with one attached hydrogen (secondary N) is 1. The number of para-hydroxylation sites is 1. The summed E-state index contributed by atoms with van der Waals surface area (Å²) < 4.78 is 11.1. The predicted molar refractivity (Wildman–Crippen MR) is 110 cm³/mol. The minimum absolute atomic E-state index is 0.0138. The van der Waals surface area contributed by atoms with Crippen LogP contribution in [0, 0.1) is 0 Å². The molecule has 1 atom stereocenters. The molecule has 1 aliphatic rings. The molecule has 1 aliphatic heterocycles. The van der Waals surface area contributed by atoms with Gasteiger partial charge >= 0.3 is 6.03 Å². The lowest BCUT2D eigenvalue weighted by atomic mass is 10.2. The molecule has 7 nitrogen and oxygen atoms in total. The number of furan rings is 1. The smallest absolute Gasteiger partial charge is 0.322 e. The molecule has 0 saturated carbocycles. The van der Waals surface area contributed by atoms with Crippen molar-refractivity contribution in [3.8, 4) is 0 Å². The van der Waals surface area contributed by atoms with Crippen LogP contribution < -0.4 is 5.32 Å². The van der Waals surface area contributed by atoms with Crippen molar-refractivity contribution in [2.75, 3.05) is 31.6 Å². The normalized spacial score (nSPS) is 15.7. The number of benzene rings is 1. The van der Waals surface area contributed by atoms with Gasteiger partial charge in [-0.1, -0.05) is 24.3 Å². The van der Waals surface area contributed by atoms with Crippen LogP contribution in [0.2, 0.25) is 0 Å². The zero-order valence-corrected chi connectivity index (χ0v) is 16.5. The first kappa shape index (κ1) is 20.7. The van der Waals surface area contributed by atoms with Crippen molar-refractivity contribution in [1.29, 1.82) is 0 Å². The summed E-state index contributed by atoms with van der Waals surface area (Å²) in [6.45, 7) is 5.44. The topological polar surface area (TPSA) is 75.0 Å². The van der Waals surface area contributed by atoms with E-state index in [1.54, 1.807) is 35.4 Å². The number of hydrogen-bond donors (Lipinski definition) is 1. The first-order valence-electron chi connectivity index (χ1n) is 9.79. The molecule has 3 amide bonds.